The molecule has 0 spiro atoms. The lowest BCUT2D eigenvalue weighted by Crippen LogP contribution is -2.31. The highest BCUT2D eigenvalue weighted by Gasteiger charge is 2.17. The number of likely N-dealkylation sites (tertiary alicyclic amines) is 1. The topological polar surface area (TPSA) is 15.7 Å². The van der Waals surface area contributed by atoms with Gasteiger partial charge in [-0.3, -0.25) is 4.90 Å². The molecule has 134 valence electrons. The minimum absolute atomic E-state index is 0.627. The summed E-state index contributed by atoms with van der Waals surface area (Å²) in [6, 6.07) is 7.38. The summed E-state index contributed by atoms with van der Waals surface area (Å²) in [5.41, 5.74) is 2.98. The third-order valence-electron chi connectivity index (χ3n) is 5.51. The van der Waals surface area contributed by atoms with E-state index in [1.807, 2.05) is 0 Å². The minimum atomic E-state index is 0.627. The van der Waals surface area contributed by atoms with E-state index >= 15 is 0 Å². The third kappa shape index (κ3) is 4.97. The van der Waals surface area contributed by atoms with E-state index in [1.54, 1.807) is 0 Å². The molecule has 3 nitrogen and oxygen atoms in total. The van der Waals surface area contributed by atoms with Gasteiger partial charge in [0.25, 0.3) is 0 Å². The van der Waals surface area contributed by atoms with E-state index in [9.17, 15) is 0 Å². The average molecular weight is 331 g/mol. The van der Waals surface area contributed by atoms with Crippen LogP contribution in [0.5, 0.6) is 5.75 Å². The average Bonchev–Trinajstić information content (AvgIpc) is 2.82. The first-order valence-electron chi connectivity index (χ1n) is 9.93. The van der Waals surface area contributed by atoms with Gasteiger partial charge in [0.05, 0.1) is 6.61 Å². The van der Waals surface area contributed by atoms with Crippen LogP contribution in [0.1, 0.15) is 57.1 Å². The quantitative estimate of drug-likeness (QED) is 0.731. The van der Waals surface area contributed by atoms with Crippen molar-refractivity contribution >= 4 is 0 Å². The van der Waals surface area contributed by atoms with Crippen molar-refractivity contribution in [2.75, 3.05) is 32.8 Å². The molecule has 1 aromatic carbocycles. The molecule has 0 bridgehead atoms. The molecule has 0 unspecified atom stereocenters. The van der Waals surface area contributed by atoms with Crippen molar-refractivity contribution < 1.29 is 4.74 Å². The number of piperidine rings is 1. The fourth-order valence-electron chi connectivity index (χ4n) is 3.95. The van der Waals surface area contributed by atoms with Gasteiger partial charge in [0.2, 0.25) is 0 Å². The normalized spacial score (nSPS) is 20.0. The van der Waals surface area contributed by atoms with Crippen molar-refractivity contribution in [2.45, 2.75) is 65.0 Å². The first-order valence-corrected chi connectivity index (χ1v) is 9.93. The number of aryl methyl sites for hydroxylation is 1. The molecule has 0 atom stereocenters. The number of hydrogen-bond acceptors (Lipinski definition) is 3. The van der Waals surface area contributed by atoms with Gasteiger partial charge in [0.15, 0.2) is 0 Å². The molecule has 0 aromatic heterocycles. The Bertz CT molecular complexity index is 509. The summed E-state index contributed by atoms with van der Waals surface area (Å²) in [4.78, 5) is 5.16. The van der Waals surface area contributed by atoms with Crippen LogP contribution >= 0.6 is 0 Å². The van der Waals surface area contributed by atoms with Gasteiger partial charge in [-0.2, -0.15) is 0 Å². The van der Waals surface area contributed by atoms with Crippen LogP contribution in [-0.2, 0) is 13.0 Å². The molecule has 1 aromatic rings. The Hall–Kier alpha value is -1.06. The van der Waals surface area contributed by atoms with E-state index in [2.05, 4.69) is 41.8 Å². The molecule has 0 N–H and O–H groups in total. The van der Waals surface area contributed by atoms with E-state index in [4.69, 9.17) is 4.74 Å². The van der Waals surface area contributed by atoms with Crippen LogP contribution < -0.4 is 4.74 Å². The molecule has 0 saturated carbocycles. The highest BCUT2D eigenvalue weighted by atomic mass is 16.5. The van der Waals surface area contributed by atoms with Gasteiger partial charge in [0, 0.05) is 19.1 Å². The van der Waals surface area contributed by atoms with Crippen LogP contribution in [0.15, 0.2) is 18.2 Å². The summed E-state index contributed by atoms with van der Waals surface area (Å²) in [6.07, 6.45) is 7.74. The molecule has 1 saturated heterocycles. The second-order valence-corrected chi connectivity index (χ2v) is 7.70. The van der Waals surface area contributed by atoms with Gasteiger partial charge in [-0.05, 0) is 88.8 Å². The fourth-order valence-corrected chi connectivity index (χ4v) is 3.95. The van der Waals surface area contributed by atoms with Gasteiger partial charge in [-0.25, -0.2) is 0 Å². The zero-order valence-electron chi connectivity index (χ0n) is 15.6. The van der Waals surface area contributed by atoms with Crippen LogP contribution in [0.2, 0.25) is 0 Å². The lowest BCUT2D eigenvalue weighted by molar-refractivity contribution is 0.205. The van der Waals surface area contributed by atoms with Crippen molar-refractivity contribution in [1.29, 1.82) is 0 Å². The predicted octanol–water partition coefficient (Wildman–Crippen LogP) is 4.10. The van der Waals surface area contributed by atoms with Crippen LogP contribution in [0.4, 0.5) is 0 Å². The van der Waals surface area contributed by atoms with Gasteiger partial charge < -0.3 is 9.64 Å². The Balaban J connectivity index is 1.48. The highest BCUT2D eigenvalue weighted by molar-refractivity contribution is 5.36. The van der Waals surface area contributed by atoms with Gasteiger partial charge >= 0.3 is 0 Å². The van der Waals surface area contributed by atoms with Crippen LogP contribution in [0, 0.1) is 0 Å². The molecule has 0 aliphatic carbocycles. The van der Waals surface area contributed by atoms with Crippen molar-refractivity contribution in [1.82, 2.24) is 9.80 Å². The molecule has 3 rings (SSSR count). The largest absolute Gasteiger partial charge is 0.494 e. The molecular weight excluding hydrogens is 296 g/mol. The van der Waals surface area contributed by atoms with Gasteiger partial charge in [-0.15, -0.1) is 0 Å². The monoisotopic (exact) mass is 330 g/mol. The standard InChI is InChI=1S/C21H34N2O/c1-18(2)23-14-6-8-19-16-21(10-9-20(19)17-23)24-15-7-13-22-11-4-3-5-12-22/h9-10,16,18H,3-8,11-15,17H2,1-2H3. The molecule has 0 radical (unpaired) electrons. The summed E-state index contributed by atoms with van der Waals surface area (Å²) in [5.74, 6) is 1.06. The molecule has 0 amide bonds. The molecule has 3 heteroatoms. The minimum Gasteiger partial charge on any atom is -0.494 e. The maximum absolute atomic E-state index is 6.04. The summed E-state index contributed by atoms with van der Waals surface area (Å²) in [5, 5.41) is 0. The highest BCUT2D eigenvalue weighted by Crippen LogP contribution is 2.24. The molecule has 2 aliphatic rings. The Kier molecular flexibility index (Phi) is 6.56. The number of hydrogen-bond donors (Lipinski definition) is 0. The second-order valence-electron chi connectivity index (χ2n) is 7.70. The number of fused-ring (bicyclic) bond motifs is 1. The van der Waals surface area contributed by atoms with E-state index in [0.29, 0.717) is 6.04 Å². The van der Waals surface area contributed by atoms with Crippen molar-refractivity contribution in [3.05, 3.63) is 29.3 Å². The van der Waals surface area contributed by atoms with Crippen molar-refractivity contribution in [3.8, 4) is 5.75 Å². The summed E-state index contributed by atoms with van der Waals surface area (Å²) >= 11 is 0. The maximum Gasteiger partial charge on any atom is 0.119 e. The van der Waals surface area contributed by atoms with Gasteiger partial charge in [0.1, 0.15) is 5.75 Å². The van der Waals surface area contributed by atoms with E-state index in [0.717, 1.165) is 25.3 Å². The van der Waals surface area contributed by atoms with Crippen LogP contribution in [0.3, 0.4) is 0 Å². The Labute approximate surface area is 148 Å². The Morgan fingerprint density at radius 1 is 1.00 bits per heavy atom. The molecule has 2 heterocycles. The summed E-state index contributed by atoms with van der Waals surface area (Å²) in [7, 11) is 0. The maximum atomic E-state index is 6.04. The van der Waals surface area contributed by atoms with E-state index in [-0.39, 0.29) is 0 Å². The second kappa shape index (κ2) is 8.87. The smallest absolute Gasteiger partial charge is 0.119 e. The molecule has 1 fully saturated rings. The third-order valence-corrected chi connectivity index (χ3v) is 5.51. The number of benzene rings is 1. The number of nitrogens with zero attached hydrogens (tertiary/aromatic N) is 2. The first-order chi connectivity index (χ1) is 11.7. The summed E-state index contributed by atoms with van der Waals surface area (Å²) in [6.45, 7) is 11.5. The molecule has 24 heavy (non-hydrogen) atoms. The first kappa shape index (κ1) is 17.8. The molecular formula is C21H34N2O. The lowest BCUT2D eigenvalue weighted by Gasteiger charge is -2.26. The Morgan fingerprint density at radius 3 is 2.62 bits per heavy atom. The van der Waals surface area contributed by atoms with E-state index < -0.39 is 0 Å². The van der Waals surface area contributed by atoms with E-state index in [1.165, 1.54) is 69.4 Å². The molecule has 2 aliphatic heterocycles. The van der Waals surface area contributed by atoms with Gasteiger partial charge in [-0.1, -0.05) is 12.5 Å². The zero-order valence-corrected chi connectivity index (χ0v) is 15.6. The summed E-state index contributed by atoms with van der Waals surface area (Å²) < 4.78 is 6.04. The SMILES string of the molecule is CC(C)N1CCCc2cc(OCCCN3CCCCC3)ccc2C1. The fraction of sp³-hybridized carbons (Fsp3) is 0.714. The number of rotatable bonds is 6. The van der Waals surface area contributed by atoms with Crippen LogP contribution in [0.25, 0.3) is 0 Å². The lowest BCUT2D eigenvalue weighted by atomic mass is 10.0. The predicted molar refractivity (Wildman–Crippen MR) is 101 cm³/mol. The Morgan fingerprint density at radius 2 is 1.83 bits per heavy atom. The zero-order chi connectivity index (χ0) is 16.8. The number of ether oxygens (including phenoxy) is 1. The van der Waals surface area contributed by atoms with Crippen molar-refractivity contribution in [2.24, 2.45) is 0 Å². The van der Waals surface area contributed by atoms with Crippen LogP contribution in [-0.4, -0.2) is 48.6 Å². The van der Waals surface area contributed by atoms with Crippen molar-refractivity contribution in [3.63, 3.8) is 0 Å².